The number of rotatable bonds is 9. The number of ketones is 1. The van der Waals surface area contributed by atoms with Crippen molar-refractivity contribution in [2.75, 3.05) is 29.9 Å². The molecule has 3 aliphatic rings. The summed E-state index contributed by atoms with van der Waals surface area (Å²) in [6, 6.07) is 5.50. The van der Waals surface area contributed by atoms with Gasteiger partial charge in [0.1, 0.15) is 5.76 Å². The number of hydrogen-bond acceptors (Lipinski definition) is 6. The van der Waals surface area contributed by atoms with Gasteiger partial charge < -0.3 is 15.3 Å². The highest BCUT2D eigenvalue weighted by Gasteiger charge is 2.44. The number of Topliss-reactive ketones (excluding diaryl/α,β-unsaturated/α-hetero) is 1. The standard InChI is InChI=1S/C30H40N4O4/c1-7-30(5,6)29(38)31-22-16-20(33(8-2)9-3)14-15-21(22)24-26(35)25(27(24)36)23-18(4)32-34(28(23)37)17-19-12-10-11-13-19/h14-16,19,35H,7-13,17H2,1-6H3,(H,31,38). The first kappa shape index (κ1) is 27.6. The molecule has 0 bridgehead atoms. The number of aliphatic hydroxyl groups is 1. The molecule has 2 N–H and O–H groups in total. The molecule has 1 heterocycles. The number of allylic oxidation sites excluding steroid dienone is 2. The fourth-order valence-corrected chi connectivity index (χ4v) is 5.38. The van der Waals surface area contributed by atoms with Gasteiger partial charge >= 0.3 is 0 Å². The summed E-state index contributed by atoms with van der Waals surface area (Å²) in [5.74, 6) is -0.724. The third-order valence-corrected chi connectivity index (χ3v) is 8.31. The van der Waals surface area contributed by atoms with Crippen LogP contribution in [0.2, 0.25) is 0 Å². The zero-order chi connectivity index (χ0) is 27.8. The number of nitrogens with one attached hydrogen (secondary N) is 1. The number of carbonyl (C=O) groups is 3. The maximum Gasteiger partial charge on any atom is 0.276 e. The van der Waals surface area contributed by atoms with Crippen molar-refractivity contribution in [3.05, 3.63) is 40.7 Å². The van der Waals surface area contributed by atoms with Gasteiger partial charge in [0, 0.05) is 36.3 Å². The Morgan fingerprint density at radius 1 is 1.11 bits per heavy atom. The first-order valence-corrected chi connectivity index (χ1v) is 13.8. The number of carbonyl (C=O) groups excluding carboxylic acids is 3. The smallest absolute Gasteiger partial charge is 0.276 e. The van der Waals surface area contributed by atoms with Gasteiger partial charge in [0.15, 0.2) is 0 Å². The molecule has 2 amide bonds. The van der Waals surface area contributed by atoms with Gasteiger partial charge in [-0.1, -0.05) is 33.6 Å². The van der Waals surface area contributed by atoms with Crippen LogP contribution in [0.5, 0.6) is 0 Å². The zero-order valence-electron chi connectivity index (χ0n) is 23.5. The maximum atomic E-state index is 13.5. The summed E-state index contributed by atoms with van der Waals surface area (Å²) < 4.78 is 0. The highest BCUT2D eigenvalue weighted by atomic mass is 16.3. The highest BCUT2D eigenvalue weighted by molar-refractivity contribution is 6.44. The molecule has 1 aliphatic heterocycles. The van der Waals surface area contributed by atoms with Crippen molar-refractivity contribution < 1.29 is 19.5 Å². The van der Waals surface area contributed by atoms with Gasteiger partial charge in [-0.25, -0.2) is 5.01 Å². The average molecular weight is 521 g/mol. The molecule has 8 nitrogen and oxygen atoms in total. The van der Waals surface area contributed by atoms with Gasteiger partial charge in [-0.3, -0.25) is 14.4 Å². The third kappa shape index (κ3) is 4.88. The van der Waals surface area contributed by atoms with Crippen LogP contribution in [0.4, 0.5) is 11.4 Å². The molecule has 0 saturated heterocycles. The molecule has 8 heteroatoms. The van der Waals surface area contributed by atoms with E-state index in [1.165, 1.54) is 5.01 Å². The summed E-state index contributed by atoms with van der Waals surface area (Å²) in [6.07, 6.45) is 5.12. The number of hydrazone groups is 1. The fraction of sp³-hybridized carbons (Fsp3) is 0.533. The Hall–Kier alpha value is -3.42. The van der Waals surface area contributed by atoms with Crippen LogP contribution in [0.25, 0.3) is 5.57 Å². The molecule has 1 aromatic rings. The zero-order valence-corrected chi connectivity index (χ0v) is 23.5. The van der Waals surface area contributed by atoms with E-state index in [2.05, 4.69) is 29.2 Å². The van der Waals surface area contributed by atoms with Gasteiger partial charge in [0.05, 0.1) is 28.1 Å². The van der Waals surface area contributed by atoms with Crippen LogP contribution < -0.4 is 10.2 Å². The first-order chi connectivity index (χ1) is 18.0. The second-order valence-corrected chi connectivity index (χ2v) is 11.1. The van der Waals surface area contributed by atoms with Gasteiger partial charge in [-0.05, 0) is 64.2 Å². The van der Waals surface area contributed by atoms with Crippen LogP contribution in [0, 0.1) is 11.3 Å². The van der Waals surface area contributed by atoms with Gasteiger partial charge in [-0.15, -0.1) is 0 Å². The summed E-state index contributed by atoms with van der Waals surface area (Å²) >= 11 is 0. The summed E-state index contributed by atoms with van der Waals surface area (Å²) in [4.78, 5) is 42.0. The van der Waals surface area contributed by atoms with E-state index in [0.29, 0.717) is 35.8 Å². The number of nitrogens with zero attached hydrogens (tertiary/aromatic N) is 3. The van der Waals surface area contributed by atoms with Crippen molar-refractivity contribution in [3.8, 4) is 0 Å². The molecule has 0 spiro atoms. The topological polar surface area (TPSA) is 102 Å². The Labute approximate surface area is 225 Å². The van der Waals surface area contributed by atoms with Gasteiger partial charge in [-0.2, -0.15) is 5.10 Å². The van der Waals surface area contributed by atoms with Crippen LogP contribution in [-0.4, -0.2) is 53.1 Å². The van der Waals surface area contributed by atoms with Crippen molar-refractivity contribution in [1.82, 2.24) is 5.01 Å². The molecule has 0 radical (unpaired) electrons. The average Bonchev–Trinajstić information content (AvgIpc) is 3.50. The lowest BCUT2D eigenvalue weighted by atomic mass is 9.79. The molecule has 2 aliphatic carbocycles. The Kier molecular flexibility index (Phi) is 7.81. The Balaban J connectivity index is 1.72. The SMILES string of the molecule is CCN(CC)c1ccc(C2=C(O)C(=C3C(=O)N(CC4CCCC4)N=C3C)C2=O)c(NC(=O)C(C)(C)CC)c1. The molecular weight excluding hydrogens is 480 g/mol. The van der Waals surface area contributed by atoms with Crippen LogP contribution >= 0.6 is 0 Å². The summed E-state index contributed by atoms with van der Waals surface area (Å²) in [5.41, 5.74) is 1.94. The summed E-state index contributed by atoms with van der Waals surface area (Å²) in [7, 11) is 0. The summed E-state index contributed by atoms with van der Waals surface area (Å²) in [6.45, 7) is 13.6. The summed E-state index contributed by atoms with van der Waals surface area (Å²) in [5, 5.41) is 20.0. The second kappa shape index (κ2) is 10.8. The van der Waals surface area contributed by atoms with Crippen LogP contribution in [0.1, 0.15) is 79.2 Å². The van der Waals surface area contributed by atoms with Crippen molar-refractivity contribution in [1.29, 1.82) is 0 Å². The fourth-order valence-electron chi connectivity index (χ4n) is 5.38. The number of hydrogen-bond donors (Lipinski definition) is 2. The Morgan fingerprint density at radius 2 is 1.76 bits per heavy atom. The Bertz CT molecular complexity index is 1250. The molecule has 0 aromatic heterocycles. The lowest BCUT2D eigenvalue weighted by molar-refractivity contribution is -0.126. The molecule has 38 heavy (non-hydrogen) atoms. The number of aliphatic hydroxyl groups excluding tert-OH is 1. The molecule has 0 atom stereocenters. The number of anilines is 2. The van der Waals surface area contributed by atoms with Gasteiger partial charge in [0.25, 0.3) is 5.91 Å². The lowest BCUT2D eigenvalue weighted by Gasteiger charge is -2.28. The van der Waals surface area contributed by atoms with E-state index in [4.69, 9.17) is 0 Å². The highest BCUT2D eigenvalue weighted by Crippen LogP contribution is 2.43. The van der Waals surface area contributed by atoms with Gasteiger partial charge in [0.2, 0.25) is 11.7 Å². The monoisotopic (exact) mass is 520 g/mol. The van der Waals surface area contributed by atoms with E-state index < -0.39 is 11.2 Å². The molecule has 1 aromatic carbocycles. The molecule has 1 saturated carbocycles. The van der Waals surface area contributed by atoms with E-state index in [1.807, 2.05) is 32.9 Å². The second-order valence-electron chi connectivity index (χ2n) is 11.1. The van der Waals surface area contributed by atoms with Crippen molar-refractivity contribution in [2.24, 2.45) is 16.4 Å². The normalized spacial score (nSPS) is 20.3. The third-order valence-electron chi connectivity index (χ3n) is 8.31. The molecule has 204 valence electrons. The van der Waals surface area contributed by atoms with Crippen molar-refractivity contribution in [2.45, 2.75) is 73.6 Å². The van der Waals surface area contributed by atoms with E-state index in [0.717, 1.165) is 44.5 Å². The lowest BCUT2D eigenvalue weighted by Crippen LogP contribution is -2.32. The minimum Gasteiger partial charge on any atom is -0.506 e. The van der Waals surface area contributed by atoms with Crippen molar-refractivity contribution >= 4 is 40.3 Å². The minimum absolute atomic E-state index is 0.0131. The van der Waals surface area contributed by atoms with E-state index in [9.17, 15) is 19.5 Å². The number of benzene rings is 1. The largest absolute Gasteiger partial charge is 0.506 e. The maximum absolute atomic E-state index is 13.5. The number of amides is 2. The first-order valence-electron chi connectivity index (χ1n) is 13.8. The van der Waals surface area contributed by atoms with E-state index >= 15 is 0 Å². The molecular formula is C30H40N4O4. The molecule has 0 unspecified atom stereocenters. The Morgan fingerprint density at radius 3 is 2.34 bits per heavy atom. The quantitative estimate of drug-likeness (QED) is 0.421. The van der Waals surface area contributed by atoms with Crippen molar-refractivity contribution in [3.63, 3.8) is 0 Å². The molecule has 1 fully saturated rings. The van der Waals surface area contributed by atoms with Crippen LogP contribution in [0.15, 0.2) is 40.2 Å². The van der Waals surface area contributed by atoms with E-state index in [1.54, 1.807) is 13.0 Å². The molecule has 4 rings (SSSR count). The van der Waals surface area contributed by atoms with Crippen LogP contribution in [-0.2, 0) is 14.4 Å². The predicted octanol–water partition coefficient (Wildman–Crippen LogP) is 5.46. The van der Waals surface area contributed by atoms with E-state index in [-0.39, 0.29) is 34.3 Å². The van der Waals surface area contributed by atoms with Crippen LogP contribution in [0.3, 0.4) is 0 Å². The predicted molar refractivity (Wildman–Crippen MR) is 151 cm³/mol. The minimum atomic E-state index is -0.609.